The second kappa shape index (κ2) is 4.98. The summed E-state index contributed by atoms with van der Waals surface area (Å²) in [7, 11) is 3.32. The second-order valence-corrected chi connectivity index (χ2v) is 3.25. The van der Waals surface area contributed by atoms with Crippen molar-refractivity contribution in [2.75, 3.05) is 14.2 Å². The largest absolute Gasteiger partial charge is 0.496 e. The topological polar surface area (TPSA) is 44.5 Å². The quantitative estimate of drug-likeness (QED) is 0.797. The van der Waals surface area contributed by atoms with Crippen molar-refractivity contribution in [3.8, 4) is 5.75 Å². The van der Waals surface area contributed by atoms with Crippen LogP contribution >= 0.6 is 0 Å². The van der Waals surface area contributed by atoms with Gasteiger partial charge in [0.15, 0.2) is 0 Å². The molecule has 14 heavy (non-hydrogen) atoms. The lowest BCUT2D eigenvalue weighted by molar-refractivity contribution is 0.183. The average Bonchev–Trinajstić information content (AvgIpc) is 2.17. The van der Waals surface area contributed by atoms with Crippen molar-refractivity contribution in [3.63, 3.8) is 0 Å². The van der Waals surface area contributed by atoms with Crippen LogP contribution in [-0.4, -0.2) is 14.2 Å². The van der Waals surface area contributed by atoms with Crippen LogP contribution in [0.2, 0.25) is 0 Å². The maximum Gasteiger partial charge on any atom is 0.123 e. The summed E-state index contributed by atoms with van der Waals surface area (Å²) in [5.41, 5.74) is 8.00. The molecule has 0 radical (unpaired) electrons. The van der Waals surface area contributed by atoms with Gasteiger partial charge in [-0.05, 0) is 18.6 Å². The number of methoxy groups -OCH3 is 2. The lowest BCUT2D eigenvalue weighted by Crippen LogP contribution is -2.10. The zero-order valence-corrected chi connectivity index (χ0v) is 8.91. The molecule has 1 rings (SSSR count). The SMILES string of the molecule is COCc1cccc(OC)c1C(C)N. The van der Waals surface area contributed by atoms with Crippen LogP contribution in [0.1, 0.15) is 24.1 Å². The third-order valence-corrected chi connectivity index (χ3v) is 2.13. The van der Waals surface area contributed by atoms with Crippen molar-refractivity contribution in [2.24, 2.45) is 5.73 Å². The molecule has 78 valence electrons. The first-order chi connectivity index (χ1) is 6.70. The summed E-state index contributed by atoms with van der Waals surface area (Å²) in [5.74, 6) is 0.828. The fraction of sp³-hybridized carbons (Fsp3) is 0.455. The maximum absolute atomic E-state index is 5.89. The van der Waals surface area contributed by atoms with Gasteiger partial charge in [0.2, 0.25) is 0 Å². The molecule has 0 aliphatic rings. The number of hydrogen-bond acceptors (Lipinski definition) is 3. The predicted molar refractivity (Wildman–Crippen MR) is 56.3 cm³/mol. The molecule has 2 N–H and O–H groups in total. The molecule has 1 aromatic rings. The van der Waals surface area contributed by atoms with Crippen LogP contribution in [0.15, 0.2) is 18.2 Å². The molecule has 1 aromatic carbocycles. The van der Waals surface area contributed by atoms with Gasteiger partial charge in [0.25, 0.3) is 0 Å². The van der Waals surface area contributed by atoms with Gasteiger partial charge < -0.3 is 15.2 Å². The van der Waals surface area contributed by atoms with Gasteiger partial charge in [-0.2, -0.15) is 0 Å². The summed E-state index contributed by atoms with van der Waals surface area (Å²) in [4.78, 5) is 0. The van der Waals surface area contributed by atoms with Gasteiger partial charge in [-0.1, -0.05) is 12.1 Å². The first-order valence-corrected chi connectivity index (χ1v) is 4.61. The summed E-state index contributed by atoms with van der Waals surface area (Å²) >= 11 is 0. The fourth-order valence-electron chi connectivity index (χ4n) is 1.57. The molecular formula is C11H17NO2. The fourth-order valence-corrected chi connectivity index (χ4v) is 1.57. The van der Waals surface area contributed by atoms with Gasteiger partial charge in [-0.15, -0.1) is 0 Å². The Bertz CT molecular complexity index is 297. The average molecular weight is 195 g/mol. The number of nitrogens with two attached hydrogens (primary N) is 1. The van der Waals surface area contributed by atoms with Crippen molar-refractivity contribution in [2.45, 2.75) is 19.6 Å². The third-order valence-electron chi connectivity index (χ3n) is 2.13. The molecule has 0 saturated carbocycles. The Labute approximate surface area is 84.8 Å². The maximum atomic E-state index is 5.89. The zero-order chi connectivity index (χ0) is 10.6. The van der Waals surface area contributed by atoms with E-state index in [2.05, 4.69) is 0 Å². The van der Waals surface area contributed by atoms with E-state index >= 15 is 0 Å². The van der Waals surface area contributed by atoms with Gasteiger partial charge >= 0.3 is 0 Å². The van der Waals surface area contributed by atoms with Crippen LogP contribution in [0.3, 0.4) is 0 Å². The van der Waals surface area contributed by atoms with Gasteiger partial charge in [0.05, 0.1) is 13.7 Å². The highest BCUT2D eigenvalue weighted by molar-refractivity contribution is 5.41. The third kappa shape index (κ3) is 2.25. The minimum absolute atomic E-state index is 0.0451. The monoisotopic (exact) mass is 195 g/mol. The summed E-state index contributed by atoms with van der Waals surface area (Å²) in [6, 6.07) is 5.82. The standard InChI is InChI=1S/C11H17NO2/c1-8(12)11-9(7-13-2)5-4-6-10(11)14-3/h4-6,8H,7,12H2,1-3H3. The van der Waals surface area contributed by atoms with Crippen molar-refractivity contribution in [1.82, 2.24) is 0 Å². The van der Waals surface area contributed by atoms with Crippen LogP contribution in [0.4, 0.5) is 0 Å². The molecule has 1 unspecified atom stereocenters. The number of rotatable bonds is 4. The Hall–Kier alpha value is -1.06. The highest BCUT2D eigenvalue weighted by Crippen LogP contribution is 2.27. The highest BCUT2D eigenvalue weighted by Gasteiger charge is 2.12. The van der Waals surface area contributed by atoms with Crippen LogP contribution < -0.4 is 10.5 Å². The molecule has 3 nitrogen and oxygen atoms in total. The van der Waals surface area contributed by atoms with Crippen molar-refractivity contribution in [1.29, 1.82) is 0 Å². The lowest BCUT2D eigenvalue weighted by atomic mass is 10.0. The van der Waals surface area contributed by atoms with Crippen LogP contribution in [-0.2, 0) is 11.3 Å². The molecule has 0 aromatic heterocycles. The van der Waals surface area contributed by atoms with Crippen molar-refractivity contribution >= 4 is 0 Å². The number of hydrogen-bond donors (Lipinski definition) is 1. The zero-order valence-electron chi connectivity index (χ0n) is 8.91. The summed E-state index contributed by atoms with van der Waals surface area (Å²) in [5, 5.41) is 0. The van der Waals surface area contributed by atoms with Gasteiger partial charge in [0.1, 0.15) is 5.75 Å². The molecule has 1 atom stereocenters. The van der Waals surface area contributed by atoms with E-state index in [-0.39, 0.29) is 6.04 Å². The smallest absolute Gasteiger partial charge is 0.123 e. The molecule has 0 bridgehead atoms. The predicted octanol–water partition coefficient (Wildman–Crippen LogP) is 1.86. The molecular weight excluding hydrogens is 178 g/mol. The number of benzene rings is 1. The summed E-state index contributed by atoms with van der Waals surface area (Å²) < 4.78 is 10.4. The first kappa shape index (κ1) is 11.0. The second-order valence-electron chi connectivity index (χ2n) is 3.25. The molecule has 0 saturated heterocycles. The minimum atomic E-state index is -0.0451. The number of ether oxygens (including phenoxy) is 2. The van der Waals surface area contributed by atoms with Crippen molar-refractivity contribution in [3.05, 3.63) is 29.3 Å². The lowest BCUT2D eigenvalue weighted by Gasteiger charge is -2.16. The molecule has 0 amide bonds. The minimum Gasteiger partial charge on any atom is -0.496 e. The molecule has 0 fully saturated rings. The molecule has 3 heteroatoms. The van der Waals surface area contributed by atoms with E-state index in [4.69, 9.17) is 15.2 Å². The van der Waals surface area contributed by atoms with Gasteiger partial charge in [-0.25, -0.2) is 0 Å². The van der Waals surface area contributed by atoms with Crippen LogP contribution in [0.25, 0.3) is 0 Å². The van der Waals surface area contributed by atoms with E-state index in [0.717, 1.165) is 16.9 Å². The Balaban J connectivity index is 3.14. The van der Waals surface area contributed by atoms with Crippen molar-refractivity contribution < 1.29 is 9.47 Å². The van der Waals surface area contributed by atoms with Gasteiger partial charge in [-0.3, -0.25) is 0 Å². The molecule has 0 aliphatic carbocycles. The molecule has 0 aliphatic heterocycles. The molecule has 0 spiro atoms. The van der Waals surface area contributed by atoms with Gasteiger partial charge in [0, 0.05) is 18.7 Å². The van der Waals surface area contributed by atoms with E-state index in [1.165, 1.54) is 0 Å². The molecule has 0 heterocycles. The van der Waals surface area contributed by atoms with Crippen LogP contribution in [0, 0.1) is 0 Å². The Kier molecular flexibility index (Phi) is 3.92. The summed E-state index contributed by atoms with van der Waals surface area (Å²) in [6.45, 7) is 2.51. The summed E-state index contributed by atoms with van der Waals surface area (Å²) in [6.07, 6.45) is 0. The van der Waals surface area contributed by atoms with E-state index in [1.807, 2.05) is 25.1 Å². The Morgan fingerprint density at radius 2 is 2.07 bits per heavy atom. The first-order valence-electron chi connectivity index (χ1n) is 4.61. The van der Waals surface area contributed by atoms with Crippen LogP contribution in [0.5, 0.6) is 5.75 Å². The highest BCUT2D eigenvalue weighted by atomic mass is 16.5. The van der Waals surface area contributed by atoms with E-state index in [0.29, 0.717) is 6.61 Å². The normalized spacial score (nSPS) is 12.6. The van der Waals surface area contributed by atoms with E-state index < -0.39 is 0 Å². The van der Waals surface area contributed by atoms with E-state index in [1.54, 1.807) is 14.2 Å². The van der Waals surface area contributed by atoms with E-state index in [9.17, 15) is 0 Å². The Morgan fingerprint density at radius 3 is 2.57 bits per heavy atom. The Morgan fingerprint density at radius 1 is 1.36 bits per heavy atom.